The minimum Gasteiger partial charge on any atom is -0.481 e. The molecule has 0 bridgehead atoms. The Bertz CT molecular complexity index is 862. The summed E-state index contributed by atoms with van der Waals surface area (Å²) >= 11 is 0. The van der Waals surface area contributed by atoms with E-state index in [4.69, 9.17) is 9.94 Å². The van der Waals surface area contributed by atoms with E-state index in [-0.39, 0.29) is 11.3 Å². The van der Waals surface area contributed by atoms with Crippen molar-refractivity contribution < 1.29 is 28.7 Å². The van der Waals surface area contributed by atoms with Gasteiger partial charge in [0.25, 0.3) is 5.91 Å². The number of ketones is 1. The number of nitrogens with zero attached hydrogens (tertiary/aromatic N) is 1. The molecule has 2 atom stereocenters. The summed E-state index contributed by atoms with van der Waals surface area (Å²) in [5, 5.41) is 11.3. The molecule has 164 valence electrons. The molecular formula is C21H28FN3O5. The highest BCUT2D eigenvalue weighted by Crippen LogP contribution is 2.33. The fourth-order valence-corrected chi connectivity index (χ4v) is 3.03. The highest BCUT2D eigenvalue weighted by atomic mass is 19.1. The van der Waals surface area contributed by atoms with Crippen molar-refractivity contribution in [2.75, 3.05) is 6.67 Å². The zero-order chi connectivity index (χ0) is 22.7. The molecule has 0 saturated carbocycles. The molecule has 1 aromatic heterocycles. The van der Waals surface area contributed by atoms with Crippen molar-refractivity contribution in [3.63, 3.8) is 0 Å². The summed E-state index contributed by atoms with van der Waals surface area (Å²) in [7, 11) is 0. The van der Waals surface area contributed by atoms with E-state index in [1.165, 1.54) is 0 Å². The number of aromatic nitrogens is 1. The number of hydroxylamine groups is 1. The van der Waals surface area contributed by atoms with Gasteiger partial charge < -0.3 is 10.4 Å². The fourth-order valence-electron chi connectivity index (χ4n) is 3.03. The molecule has 0 aromatic carbocycles. The Kier molecular flexibility index (Phi) is 6.97. The van der Waals surface area contributed by atoms with Crippen LogP contribution in [0.3, 0.4) is 0 Å². The van der Waals surface area contributed by atoms with Gasteiger partial charge in [-0.25, -0.2) is 4.39 Å². The van der Waals surface area contributed by atoms with Crippen molar-refractivity contribution in [2.24, 2.45) is 5.92 Å². The van der Waals surface area contributed by atoms with E-state index >= 15 is 0 Å². The lowest BCUT2D eigenvalue weighted by molar-refractivity contribution is -0.152. The van der Waals surface area contributed by atoms with Crippen LogP contribution in [0.25, 0.3) is 5.70 Å². The van der Waals surface area contributed by atoms with Crippen LogP contribution in [0.4, 0.5) is 4.39 Å². The van der Waals surface area contributed by atoms with E-state index in [9.17, 15) is 18.8 Å². The van der Waals surface area contributed by atoms with Crippen molar-refractivity contribution in [3.8, 4) is 0 Å². The first-order valence-electron chi connectivity index (χ1n) is 9.66. The summed E-state index contributed by atoms with van der Waals surface area (Å²) in [4.78, 5) is 45.7. The second-order valence-electron chi connectivity index (χ2n) is 8.61. The fraction of sp³-hybridized carbons (Fsp3) is 0.524. The van der Waals surface area contributed by atoms with Crippen LogP contribution in [-0.2, 0) is 24.6 Å². The molecule has 1 unspecified atom stereocenters. The molecule has 0 radical (unpaired) electrons. The molecule has 0 saturated heterocycles. The van der Waals surface area contributed by atoms with E-state index in [2.05, 4.69) is 36.6 Å². The van der Waals surface area contributed by atoms with Gasteiger partial charge in [-0.15, -0.1) is 0 Å². The Balaban J connectivity index is 2.36. The summed E-state index contributed by atoms with van der Waals surface area (Å²) in [6, 6.07) is 2.30. The Morgan fingerprint density at radius 2 is 2.00 bits per heavy atom. The number of carboxylic acids is 1. The molecule has 1 amide bonds. The Morgan fingerprint density at radius 1 is 1.33 bits per heavy atom. The van der Waals surface area contributed by atoms with Crippen molar-refractivity contribution in [1.82, 2.24) is 15.8 Å². The predicted molar refractivity (Wildman–Crippen MR) is 108 cm³/mol. The van der Waals surface area contributed by atoms with E-state index in [0.29, 0.717) is 11.4 Å². The van der Waals surface area contributed by atoms with E-state index in [1.54, 1.807) is 26.1 Å². The second-order valence-corrected chi connectivity index (χ2v) is 8.61. The van der Waals surface area contributed by atoms with E-state index in [1.807, 2.05) is 12.1 Å². The maximum atomic E-state index is 13.0. The van der Waals surface area contributed by atoms with Crippen LogP contribution in [0.5, 0.6) is 0 Å². The van der Waals surface area contributed by atoms with Gasteiger partial charge in [-0.1, -0.05) is 34.6 Å². The number of alkyl halides is 1. The molecule has 1 aliphatic heterocycles. The van der Waals surface area contributed by atoms with E-state index < -0.39 is 42.4 Å². The molecule has 8 nitrogen and oxygen atoms in total. The molecular weight excluding hydrogens is 393 g/mol. The summed E-state index contributed by atoms with van der Waals surface area (Å²) in [5.74, 6) is -3.47. The van der Waals surface area contributed by atoms with Gasteiger partial charge in [-0.05, 0) is 35.1 Å². The number of rotatable bonds is 8. The van der Waals surface area contributed by atoms with Gasteiger partial charge >= 0.3 is 5.97 Å². The van der Waals surface area contributed by atoms with Crippen LogP contribution in [0.2, 0.25) is 0 Å². The largest absolute Gasteiger partial charge is 0.481 e. The molecule has 2 rings (SSSR count). The number of nitrogens with one attached hydrogen (secondary N) is 2. The highest BCUT2D eigenvalue weighted by molar-refractivity contribution is 5.97. The van der Waals surface area contributed by atoms with Crippen LogP contribution in [-0.4, -0.2) is 46.1 Å². The van der Waals surface area contributed by atoms with Gasteiger partial charge in [0.05, 0.1) is 17.8 Å². The number of carbonyl (C=O) groups is 3. The number of carbonyl (C=O) groups excluding carboxylic acids is 2. The number of aliphatic carboxylic acids is 1. The zero-order valence-corrected chi connectivity index (χ0v) is 17.8. The summed E-state index contributed by atoms with van der Waals surface area (Å²) in [6.45, 7) is 8.29. The summed E-state index contributed by atoms with van der Waals surface area (Å²) < 4.78 is 12.8. The Morgan fingerprint density at radius 3 is 2.53 bits per heavy atom. The zero-order valence-electron chi connectivity index (χ0n) is 17.8. The Labute approximate surface area is 174 Å². The van der Waals surface area contributed by atoms with Gasteiger partial charge in [-0.2, -0.15) is 0 Å². The van der Waals surface area contributed by atoms with Crippen LogP contribution in [0.15, 0.2) is 24.4 Å². The van der Waals surface area contributed by atoms with Gasteiger partial charge in [0.15, 0.2) is 11.4 Å². The van der Waals surface area contributed by atoms with Gasteiger partial charge in [0.2, 0.25) is 0 Å². The third-order valence-electron chi connectivity index (χ3n) is 5.01. The predicted octanol–water partition coefficient (Wildman–Crippen LogP) is 2.15. The van der Waals surface area contributed by atoms with Gasteiger partial charge in [-0.3, -0.25) is 29.7 Å². The molecule has 3 N–H and O–H groups in total. The third kappa shape index (κ3) is 5.02. The van der Waals surface area contributed by atoms with Crippen molar-refractivity contribution in [2.45, 2.75) is 58.1 Å². The molecule has 0 aliphatic carbocycles. The van der Waals surface area contributed by atoms with Gasteiger partial charge in [0, 0.05) is 6.20 Å². The first kappa shape index (κ1) is 23.5. The summed E-state index contributed by atoms with van der Waals surface area (Å²) in [6.07, 6.45) is 2.50. The topological polar surface area (TPSA) is 118 Å². The number of pyridine rings is 1. The monoisotopic (exact) mass is 421 g/mol. The van der Waals surface area contributed by atoms with Crippen LogP contribution in [0.1, 0.15) is 52.3 Å². The maximum Gasteiger partial charge on any atom is 0.305 e. The van der Waals surface area contributed by atoms with Crippen molar-refractivity contribution in [3.05, 3.63) is 35.7 Å². The number of halogens is 1. The number of amides is 1. The lowest BCUT2D eigenvalue weighted by Crippen LogP contribution is -2.55. The SMILES string of the molecule is CC(C)[C@@]1(C(=O)NC(CC(=O)O)C(=O)CF)C=C(c2cc(C(C)(C)C)ccn2)NO1. The summed E-state index contributed by atoms with van der Waals surface area (Å²) in [5.41, 5.74) is 3.17. The highest BCUT2D eigenvalue weighted by Gasteiger charge is 2.47. The second kappa shape index (κ2) is 8.91. The maximum absolute atomic E-state index is 13.0. The minimum atomic E-state index is -1.53. The minimum absolute atomic E-state index is 0.110. The smallest absolute Gasteiger partial charge is 0.305 e. The number of carboxylic acid groups (broad SMARTS) is 1. The molecule has 0 fully saturated rings. The normalized spacial score (nSPS) is 19.8. The molecule has 9 heteroatoms. The molecule has 30 heavy (non-hydrogen) atoms. The molecule has 2 heterocycles. The molecule has 1 aromatic rings. The van der Waals surface area contributed by atoms with Gasteiger partial charge in [0.1, 0.15) is 12.7 Å². The first-order valence-corrected chi connectivity index (χ1v) is 9.66. The molecule has 0 spiro atoms. The number of Topliss-reactive ketones (excluding diaryl/α,β-unsaturated/α-hetero) is 1. The number of hydrogen-bond acceptors (Lipinski definition) is 6. The van der Waals surface area contributed by atoms with Crippen molar-refractivity contribution >= 4 is 23.4 Å². The lowest BCUT2D eigenvalue weighted by Gasteiger charge is -2.29. The van der Waals surface area contributed by atoms with Crippen LogP contribution < -0.4 is 10.8 Å². The van der Waals surface area contributed by atoms with Crippen LogP contribution >= 0.6 is 0 Å². The Hall–Kier alpha value is -2.81. The van der Waals surface area contributed by atoms with E-state index in [0.717, 1.165) is 5.56 Å². The first-order chi connectivity index (χ1) is 13.9. The van der Waals surface area contributed by atoms with Crippen molar-refractivity contribution in [1.29, 1.82) is 0 Å². The average molecular weight is 421 g/mol. The standard InChI is InChI=1S/C21H28FN3O5/c1-12(2)21(19(29)24-15(9-18(27)28)17(26)11-22)10-16(25-30-21)14-8-13(6-7-23-14)20(3,4)5/h6-8,10,12,15,25H,9,11H2,1-5H3,(H,24,29)(H,27,28)/t15?,21-/m1/s1. The third-order valence-corrected chi connectivity index (χ3v) is 5.01. The quantitative estimate of drug-likeness (QED) is 0.589. The van der Waals surface area contributed by atoms with Crippen LogP contribution in [0, 0.1) is 5.92 Å². The average Bonchev–Trinajstić information content (AvgIpc) is 3.13. The molecule has 1 aliphatic rings. The number of hydrogen-bond donors (Lipinski definition) is 3. The lowest BCUT2D eigenvalue weighted by atomic mass is 9.86.